The van der Waals surface area contributed by atoms with Gasteiger partial charge in [0, 0.05) is 45.4 Å². The highest BCUT2D eigenvalue weighted by molar-refractivity contribution is 6.10. The number of hydrogen-bond acceptors (Lipinski definition) is 4. The van der Waals surface area contributed by atoms with E-state index in [1.54, 1.807) is 0 Å². The molecule has 0 N–H and O–H groups in total. The van der Waals surface area contributed by atoms with E-state index in [4.69, 9.17) is 0 Å². The molecule has 13 aromatic rings. The van der Waals surface area contributed by atoms with Crippen molar-refractivity contribution in [2.45, 2.75) is 44.4 Å². The Morgan fingerprint density at radius 2 is 0.716 bits per heavy atom. The zero-order valence-corrected chi connectivity index (χ0v) is 41.3. The topological polar surface area (TPSA) is 88.0 Å². The van der Waals surface area contributed by atoms with Crippen molar-refractivity contribution in [1.82, 2.24) is 18.3 Å². The monoisotopic (exact) mass is 960 g/mol. The molecule has 0 radical (unpaired) electrons. The second kappa shape index (κ2) is 15.7. The van der Waals surface area contributed by atoms with Crippen LogP contribution < -0.4 is 22.2 Å². The SMILES string of the molecule is Cn1c(=O)c2cc3c(=O)n(-c4ccc(CC5(Cc6ccc(C(C)(C)C)cc6)c6cc(-n7c8ccccc8c8ccccc87)ccc6-c6ccc(-n7c8ccccc8c8ccccc87)cc65)cc4)c(=O)c3cc2c1=O. The summed E-state index contributed by atoms with van der Waals surface area (Å²) in [4.78, 5) is 54.1. The predicted octanol–water partition coefficient (Wildman–Crippen LogP) is 12.7. The second-order valence-corrected chi connectivity index (χ2v) is 21.3. The van der Waals surface area contributed by atoms with E-state index in [1.165, 1.54) is 74.1 Å². The van der Waals surface area contributed by atoms with E-state index in [9.17, 15) is 19.2 Å². The van der Waals surface area contributed by atoms with E-state index >= 15 is 0 Å². The van der Waals surface area contributed by atoms with Crippen molar-refractivity contribution in [3.8, 4) is 28.2 Å². The molecule has 1 aliphatic rings. The fourth-order valence-electron chi connectivity index (χ4n) is 12.5. The fourth-order valence-corrected chi connectivity index (χ4v) is 12.5. The van der Waals surface area contributed by atoms with Gasteiger partial charge in [-0.2, -0.15) is 0 Å². The minimum Gasteiger partial charge on any atom is -0.309 e. The van der Waals surface area contributed by atoms with Crippen molar-refractivity contribution < 1.29 is 0 Å². The molecule has 1 aliphatic carbocycles. The van der Waals surface area contributed by atoms with Crippen LogP contribution in [0.2, 0.25) is 0 Å². The van der Waals surface area contributed by atoms with Gasteiger partial charge in [0.05, 0.1) is 49.3 Å². The maximum Gasteiger partial charge on any atom is 0.266 e. The molecule has 0 saturated carbocycles. The number of benzene rings is 9. The lowest BCUT2D eigenvalue weighted by molar-refractivity contribution is 0.519. The summed E-state index contributed by atoms with van der Waals surface area (Å²) >= 11 is 0. The summed E-state index contributed by atoms with van der Waals surface area (Å²) in [5.41, 5.74) is 12.7. The number of aromatic nitrogens is 4. The Morgan fingerprint density at radius 1 is 0.365 bits per heavy atom. The minimum absolute atomic E-state index is 0.0237. The predicted molar refractivity (Wildman–Crippen MR) is 301 cm³/mol. The van der Waals surface area contributed by atoms with Crippen molar-refractivity contribution in [2.24, 2.45) is 7.05 Å². The van der Waals surface area contributed by atoms with Gasteiger partial charge >= 0.3 is 0 Å². The van der Waals surface area contributed by atoms with Gasteiger partial charge in [-0.15, -0.1) is 0 Å². The van der Waals surface area contributed by atoms with E-state index in [0.717, 1.165) is 48.1 Å². The first-order chi connectivity index (χ1) is 35.9. The lowest BCUT2D eigenvalue weighted by Crippen LogP contribution is -2.31. The van der Waals surface area contributed by atoms with Gasteiger partial charge in [-0.25, -0.2) is 4.57 Å². The highest BCUT2D eigenvalue weighted by Crippen LogP contribution is 2.54. The van der Waals surface area contributed by atoms with E-state index in [0.29, 0.717) is 18.5 Å². The van der Waals surface area contributed by atoms with E-state index in [2.05, 4.69) is 188 Å². The van der Waals surface area contributed by atoms with Crippen LogP contribution in [0.25, 0.3) is 93.3 Å². The zero-order chi connectivity index (χ0) is 50.4. The molecular weight excluding hydrogens is 913 g/mol. The van der Waals surface area contributed by atoms with E-state index in [1.807, 2.05) is 24.3 Å². The Bertz CT molecular complexity index is 4390. The Hall–Kier alpha value is -9.14. The van der Waals surface area contributed by atoms with Crippen LogP contribution in [-0.2, 0) is 30.7 Å². The van der Waals surface area contributed by atoms with Crippen LogP contribution in [0.1, 0.15) is 48.6 Å². The third-order valence-electron chi connectivity index (χ3n) is 16.1. The largest absolute Gasteiger partial charge is 0.309 e. The number of rotatable bonds is 7. The molecule has 8 heteroatoms. The fraction of sp³-hybridized carbons (Fsp3) is 0.121. The highest BCUT2D eigenvalue weighted by Gasteiger charge is 2.44. The third-order valence-corrected chi connectivity index (χ3v) is 16.1. The van der Waals surface area contributed by atoms with Gasteiger partial charge in [0.1, 0.15) is 0 Å². The van der Waals surface area contributed by atoms with Crippen LogP contribution in [0.5, 0.6) is 0 Å². The Labute approximate surface area is 424 Å². The minimum atomic E-state index is -0.624. The first-order valence-corrected chi connectivity index (χ1v) is 25.2. The average molecular weight is 961 g/mol. The highest BCUT2D eigenvalue weighted by atomic mass is 16.2. The first kappa shape index (κ1) is 43.6. The standard InChI is InChI=1S/C66H48N4O4/c1-65(2,3)41-25-21-39(22-26-41)37-66(38-40-23-27-42(28-24-40)70-63(73)53-35-51-52(36-54(53)64(70)74)62(72)67(4)61(51)71)55-33-43(68-57-17-9-5-13-47(57)48-14-6-10-18-58(48)68)29-31-45(55)46-32-30-44(34-56(46)66)69-59-19-11-7-15-49(59)50-16-8-12-20-60(50)69/h5-36H,37-38H2,1-4H3. The van der Waals surface area contributed by atoms with Gasteiger partial charge in [0.25, 0.3) is 22.2 Å². The summed E-state index contributed by atoms with van der Waals surface area (Å²) in [5, 5.41) is 5.29. The molecule has 0 atom stereocenters. The third kappa shape index (κ3) is 6.21. The maximum absolute atomic E-state index is 14.1. The Morgan fingerprint density at radius 3 is 1.11 bits per heavy atom. The van der Waals surface area contributed by atoms with Crippen molar-refractivity contribution in [3.05, 3.63) is 263 Å². The molecule has 0 aliphatic heterocycles. The molecule has 0 unspecified atom stereocenters. The smallest absolute Gasteiger partial charge is 0.266 e. The van der Waals surface area contributed by atoms with Crippen LogP contribution in [-0.4, -0.2) is 18.3 Å². The molecule has 0 spiro atoms. The van der Waals surface area contributed by atoms with Gasteiger partial charge < -0.3 is 9.13 Å². The Balaban J connectivity index is 0.998. The summed E-state index contributed by atoms with van der Waals surface area (Å²) in [6.45, 7) is 6.74. The molecule has 0 saturated heterocycles. The molecule has 0 amide bonds. The maximum atomic E-state index is 14.1. The lowest BCUT2D eigenvalue weighted by atomic mass is 9.69. The van der Waals surface area contributed by atoms with Crippen LogP contribution in [0.3, 0.4) is 0 Å². The lowest BCUT2D eigenvalue weighted by Gasteiger charge is -2.34. The van der Waals surface area contributed by atoms with Crippen molar-refractivity contribution in [1.29, 1.82) is 0 Å². The average Bonchev–Trinajstić information content (AvgIpc) is 4.18. The summed E-state index contributed by atoms with van der Waals surface area (Å²) < 4.78 is 6.97. The molecule has 14 rings (SSSR count). The first-order valence-electron chi connectivity index (χ1n) is 25.2. The quantitative estimate of drug-likeness (QED) is 0.159. The molecule has 4 aromatic heterocycles. The van der Waals surface area contributed by atoms with Crippen LogP contribution in [0, 0.1) is 0 Å². The van der Waals surface area contributed by atoms with Crippen LogP contribution in [0.4, 0.5) is 0 Å². The van der Waals surface area contributed by atoms with Gasteiger partial charge in [-0.05, 0) is 130 Å². The number of fused-ring (bicyclic) bond motifs is 11. The number of hydrogen-bond donors (Lipinski definition) is 0. The van der Waals surface area contributed by atoms with E-state index < -0.39 is 27.7 Å². The molecule has 74 heavy (non-hydrogen) atoms. The van der Waals surface area contributed by atoms with Gasteiger partial charge in [-0.1, -0.05) is 142 Å². The second-order valence-electron chi connectivity index (χ2n) is 21.3. The number of nitrogens with zero attached hydrogens (tertiary/aromatic N) is 4. The molecule has 0 fully saturated rings. The number of para-hydroxylation sites is 4. The van der Waals surface area contributed by atoms with Gasteiger partial charge in [-0.3, -0.25) is 23.7 Å². The molecule has 4 heterocycles. The van der Waals surface area contributed by atoms with Crippen LogP contribution >= 0.6 is 0 Å². The van der Waals surface area contributed by atoms with Crippen molar-refractivity contribution in [3.63, 3.8) is 0 Å². The summed E-state index contributed by atoms with van der Waals surface area (Å²) in [5.74, 6) is 0. The molecule has 9 aromatic carbocycles. The van der Waals surface area contributed by atoms with E-state index in [-0.39, 0.29) is 27.0 Å². The normalized spacial score (nSPS) is 13.3. The van der Waals surface area contributed by atoms with Crippen LogP contribution in [0.15, 0.2) is 213 Å². The summed E-state index contributed by atoms with van der Waals surface area (Å²) in [7, 11) is 1.40. The zero-order valence-electron chi connectivity index (χ0n) is 41.3. The van der Waals surface area contributed by atoms with Crippen molar-refractivity contribution >= 4 is 65.2 Å². The molecular formula is C66H48N4O4. The summed E-state index contributed by atoms with van der Waals surface area (Å²) in [6, 6.07) is 68.3. The molecule has 8 nitrogen and oxygen atoms in total. The molecule has 356 valence electrons. The van der Waals surface area contributed by atoms with Crippen molar-refractivity contribution in [2.75, 3.05) is 0 Å². The van der Waals surface area contributed by atoms with Gasteiger partial charge in [0.2, 0.25) is 0 Å². The Kier molecular flexibility index (Phi) is 9.24. The summed E-state index contributed by atoms with van der Waals surface area (Å²) in [6.07, 6.45) is 1.27. The molecule has 0 bridgehead atoms. The van der Waals surface area contributed by atoms with Gasteiger partial charge in [0.15, 0.2) is 0 Å².